The van der Waals surface area contributed by atoms with Crippen molar-refractivity contribution < 1.29 is 4.79 Å². The van der Waals surface area contributed by atoms with Crippen molar-refractivity contribution in [1.29, 1.82) is 0 Å². The number of carbonyl (C=O) groups excluding carboxylic acids is 1. The number of rotatable bonds is 4. The molecule has 1 unspecified atom stereocenters. The maximum absolute atomic E-state index is 13.0. The normalized spacial score (nSPS) is 17.0. The zero-order chi connectivity index (χ0) is 18.1. The monoisotopic (exact) mass is 368 g/mol. The van der Waals surface area contributed by atoms with Gasteiger partial charge in [0.05, 0.1) is 35.3 Å². The van der Waals surface area contributed by atoms with Crippen LogP contribution >= 0.6 is 11.3 Å². The summed E-state index contributed by atoms with van der Waals surface area (Å²) in [6.07, 6.45) is 9.84. The smallest absolute Gasteiger partial charge is 0.266 e. The molecule has 26 heavy (non-hydrogen) atoms. The summed E-state index contributed by atoms with van der Waals surface area (Å²) in [4.78, 5) is 33.3. The van der Waals surface area contributed by atoms with Crippen molar-refractivity contribution in [3.05, 3.63) is 52.4 Å². The molecule has 8 heteroatoms. The third-order valence-corrected chi connectivity index (χ3v) is 5.63. The minimum atomic E-state index is -0.0509. The summed E-state index contributed by atoms with van der Waals surface area (Å²) in [6.45, 7) is 4.67. The second-order valence-corrected chi connectivity index (χ2v) is 7.15. The molecule has 1 atom stereocenters. The first-order valence-corrected chi connectivity index (χ1v) is 9.62. The maximum Gasteiger partial charge on any atom is 0.266 e. The van der Waals surface area contributed by atoms with Crippen LogP contribution in [-0.2, 0) is 6.42 Å². The predicted octanol–water partition coefficient (Wildman–Crippen LogP) is 2.97. The Morgan fingerprint density at radius 1 is 1.35 bits per heavy atom. The van der Waals surface area contributed by atoms with E-state index in [1.807, 2.05) is 22.6 Å². The van der Waals surface area contributed by atoms with E-state index in [-0.39, 0.29) is 11.9 Å². The SMILES string of the molecule is CCc1nccn1-c1cncc(C2CCCN2C(=O)c2scnc2C)n1. The van der Waals surface area contributed by atoms with E-state index in [1.165, 1.54) is 11.3 Å². The fourth-order valence-electron chi connectivity index (χ4n) is 3.41. The lowest BCUT2D eigenvalue weighted by Gasteiger charge is -2.24. The van der Waals surface area contributed by atoms with Crippen molar-refractivity contribution in [2.24, 2.45) is 0 Å². The Labute approximate surface area is 155 Å². The van der Waals surface area contributed by atoms with Crippen molar-refractivity contribution in [3.63, 3.8) is 0 Å². The summed E-state index contributed by atoms with van der Waals surface area (Å²) in [5.41, 5.74) is 3.34. The van der Waals surface area contributed by atoms with Gasteiger partial charge in [0.15, 0.2) is 5.82 Å². The summed E-state index contributed by atoms with van der Waals surface area (Å²) >= 11 is 1.40. The summed E-state index contributed by atoms with van der Waals surface area (Å²) < 4.78 is 1.95. The molecule has 1 fully saturated rings. The van der Waals surface area contributed by atoms with Gasteiger partial charge in [-0.25, -0.2) is 15.0 Å². The minimum Gasteiger partial charge on any atom is -0.329 e. The largest absolute Gasteiger partial charge is 0.329 e. The lowest BCUT2D eigenvalue weighted by Crippen LogP contribution is -2.31. The lowest BCUT2D eigenvalue weighted by molar-refractivity contribution is 0.0736. The van der Waals surface area contributed by atoms with E-state index >= 15 is 0 Å². The Morgan fingerprint density at radius 3 is 3.00 bits per heavy atom. The first kappa shape index (κ1) is 16.8. The molecule has 0 radical (unpaired) electrons. The number of hydrogen-bond acceptors (Lipinski definition) is 6. The van der Waals surface area contributed by atoms with Gasteiger partial charge in [-0.1, -0.05) is 6.92 Å². The number of likely N-dealkylation sites (tertiary alicyclic amines) is 1. The van der Waals surface area contributed by atoms with E-state index in [2.05, 4.69) is 21.9 Å². The van der Waals surface area contributed by atoms with Gasteiger partial charge in [-0.2, -0.15) is 0 Å². The first-order chi connectivity index (χ1) is 12.7. The Balaban J connectivity index is 1.65. The number of imidazole rings is 1. The van der Waals surface area contributed by atoms with Gasteiger partial charge in [0, 0.05) is 25.4 Å². The molecule has 0 saturated carbocycles. The minimum absolute atomic E-state index is 0.0385. The molecule has 0 N–H and O–H groups in total. The molecular formula is C18H20N6OS. The predicted molar refractivity (Wildman–Crippen MR) is 98.4 cm³/mol. The van der Waals surface area contributed by atoms with Gasteiger partial charge >= 0.3 is 0 Å². The molecule has 7 nitrogen and oxygen atoms in total. The van der Waals surface area contributed by atoms with Crippen molar-refractivity contribution in [2.45, 2.75) is 39.2 Å². The van der Waals surface area contributed by atoms with E-state index in [0.29, 0.717) is 4.88 Å². The van der Waals surface area contributed by atoms with Crippen LogP contribution in [0.15, 0.2) is 30.3 Å². The fraction of sp³-hybridized carbons (Fsp3) is 0.389. The Kier molecular flexibility index (Phi) is 4.50. The van der Waals surface area contributed by atoms with Gasteiger partial charge in [0.2, 0.25) is 0 Å². The third kappa shape index (κ3) is 2.90. The Bertz CT molecular complexity index is 933. The van der Waals surface area contributed by atoms with Crippen LogP contribution in [0.2, 0.25) is 0 Å². The molecule has 4 rings (SSSR count). The van der Waals surface area contributed by atoms with Crippen LogP contribution < -0.4 is 0 Å². The van der Waals surface area contributed by atoms with Gasteiger partial charge < -0.3 is 4.90 Å². The summed E-state index contributed by atoms with van der Waals surface area (Å²) in [5, 5.41) is 0. The van der Waals surface area contributed by atoms with Crippen molar-refractivity contribution in [3.8, 4) is 5.82 Å². The highest BCUT2D eigenvalue weighted by Gasteiger charge is 2.33. The van der Waals surface area contributed by atoms with Gasteiger partial charge in [-0.3, -0.25) is 14.3 Å². The van der Waals surface area contributed by atoms with E-state index in [4.69, 9.17) is 4.98 Å². The zero-order valence-corrected chi connectivity index (χ0v) is 15.6. The molecule has 0 spiro atoms. The molecule has 1 aliphatic rings. The number of amides is 1. The molecule has 0 bridgehead atoms. The number of carbonyl (C=O) groups is 1. The molecule has 0 aromatic carbocycles. The van der Waals surface area contributed by atoms with Crippen LogP contribution in [0.3, 0.4) is 0 Å². The summed E-state index contributed by atoms with van der Waals surface area (Å²) in [6, 6.07) is -0.0509. The van der Waals surface area contributed by atoms with Crippen LogP contribution in [-0.4, -0.2) is 41.9 Å². The topological polar surface area (TPSA) is 76.8 Å². The zero-order valence-electron chi connectivity index (χ0n) is 14.8. The van der Waals surface area contributed by atoms with Crippen molar-refractivity contribution in [1.82, 2.24) is 29.4 Å². The third-order valence-electron chi connectivity index (χ3n) is 4.72. The average Bonchev–Trinajstić information content (AvgIpc) is 3.41. The van der Waals surface area contributed by atoms with Crippen LogP contribution in [0, 0.1) is 6.92 Å². The first-order valence-electron chi connectivity index (χ1n) is 8.74. The molecule has 3 aromatic rings. The molecular weight excluding hydrogens is 348 g/mol. The second-order valence-electron chi connectivity index (χ2n) is 6.29. The van der Waals surface area contributed by atoms with Gasteiger partial charge in [-0.05, 0) is 19.8 Å². The molecule has 0 aliphatic carbocycles. The molecule has 1 saturated heterocycles. The van der Waals surface area contributed by atoms with Gasteiger partial charge in [-0.15, -0.1) is 11.3 Å². The quantitative estimate of drug-likeness (QED) is 0.707. The highest BCUT2D eigenvalue weighted by molar-refractivity contribution is 7.11. The van der Waals surface area contributed by atoms with E-state index < -0.39 is 0 Å². The van der Waals surface area contributed by atoms with Crippen molar-refractivity contribution >= 4 is 17.2 Å². The number of aromatic nitrogens is 5. The van der Waals surface area contributed by atoms with Crippen LogP contribution in [0.4, 0.5) is 0 Å². The van der Waals surface area contributed by atoms with Gasteiger partial charge in [0.1, 0.15) is 10.7 Å². The molecule has 4 heterocycles. The summed E-state index contributed by atoms with van der Waals surface area (Å²) in [7, 11) is 0. The van der Waals surface area contributed by atoms with Gasteiger partial charge in [0.25, 0.3) is 5.91 Å². The maximum atomic E-state index is 13.0. The average molecular weight is 368 g/mol. The molecule has 134 valence electrons. The summed E-state index contributed by atoms with van der Waals surface area (Å²) in [5.74, 6) is 1.72. The number of nitrogens with zero attached hydrogens (tertiary/aromatic N) is 6. The van der Waals surface area contributed by atoms with Crippen molar-refractivity contribution in [2.75, 3.05) is 6.54 Å². The molecule has 1 aliphatic heterocycles. The fourth-order valence-corrected chi connectivity index (χ4v) is 4.16. The highest BCUT2D eigenvalue weighted by atomic mass is 32.1. The number of aryl methyl sites for hydroxylation is 2. The second kappa shape index (κ2) is 6.95. The number of thiazole rings is 1. The van der Waals surface area contributed by atoms with Crippen LogP contribution in [0.25, 0.3) is 5.82 Å². The molecule has 3 aromatic heterocycles. The van der Waals surface area contributed by atoms with E-state index in [9.17, 15) is 4.79 Å². The number of hydrogen-bond donors (Lipinski definition) is 0. The Hall–Kier alpha value is -2.61. The van der Waals surface area contributed by atoms with E-state index in [1.54, 1.807) is 24.1 Å². The Morgan fingerprint density at radius 2 is 2.23 bits per heavy atom. The standard InChI is InChI=1S/C18H20N6OS/c1-3-15-20-6-8-24(15)16-10-19-9-13(22-16)14-5-4-7-23(14)18(25)17-12(2)21-11-26-17/h6,8-11,14H,3-5,7H2,1-2H3. The molecule has 1 amide bonds. The lowest BCUT2D eigenvalue weighted by atomic mass is 10.1. The highest BCUT2D eigenvalue weighted by Crippen LogP contribution is 2.33. The van der Waals surface area contributed by atoms with Crippen LogP contribution in [0.5, 0.6) is 0 Å². The van der Waals surface area contributed by atoms with Crippen LogP contribution in [0.1, 0.15) is 52.7 Å². The van der Waals surface area contributed by atoms with E-state index in [0.717, 1.165) is 48.8 Å².